The molecule has 20 heavy (non-hydrogen) atoms. The lowest BCUT2D eigenvalue weighted by atomic mass is 9.77. The van der Waals surface area contributed by atoms with Gasteiger partial charge in [-0.1, -0.05) is 19.3 Å². The predicted octanol–water partition coefficient (Wildman–Crippen LogP) is 3.35. The summed E-state index contributed by atoms with van der Waals surface area (Å²) in [6.45, 7) is 1.13. The van der Waals surface area contributed by atoms with Crippen LogP contribution in [0.1, 0.15) is 37.7 Å². The van der Waals surface area contributed by atoms with Crippen LogP contribution in [0.4, 0.5) is 0 Å². The number of nitrogens with two attached hydrogens (primary N) is 1. The molecular formula is C15H20BrNO3. The molecule has 1 heterocycles. The molecule has 5 heteroatoms. The Morgan fingerprint density at radius 2 is 1.90 bits per heavy atom. The minimum absolute atomic E-state index is 0.331. The van der Waals surface area contributed by atoms with E-state index in [0.717, 1.165) is 53.0 Å². The Kier molecular flexibility index (Phi) is 3.82. The van der Waals surface area contributed by atoms with Gasteiger partial charge in [-0.2, -0.15) is 0 Å². The summed E-state index contributed by atoms with van der Waals surface area (Å²) in [4.78, 5) is 0. The number of benzene rings is 1. The average molecular weight is 342 g/mol. The van der Waals surface area contributed by atoms with Gasteiger partial charge in [0.05, 0.1) is 7.11 Å². The van der Waals surface area contributed by atoms with Gasteiger partial charge in [0.15, 0.2) is 11.5 Å². The van der Waals surface area contributed by atoms with Gasteiger partial charge in [0.1, 0.15) is 23.4 Å². The quantitative estimate of drug-likeness (QED) is 0.896. The second-order valence-electron chi connectivity index (χ2n) is 5.51. The van der Waals surface area contributed by atoms with Gasteiger partial charge < -0.3 is 19.9 Å². The highest BCUT2D eigenvalue weighted by Crippen LogP contribution is 2.50. The third kappa shape index (κ3) is 2.27. The molecule has 3 rings (SSSR count). The summed E-state index contributed by atoms with van der Waals surface area (Å²) in [6, 6.07) is 2.00. The van der Waals surface area contributed by atoms with Gasteiger partial charge in [0.25, 0.3) is 0 Å². The van der Waals surface area contributed by atoms with Gasteiger partial charge in [-0.3, -0.25) is 0 Å². The fourth-order valence-electron chi connectivity index (χ4n) is 3.15. The second kappa shape index (κ2) is 5.45. The van der Waals surface area contributed by atoms with Crippen molar-refractivity contribution < 1.29 is 14.2 Å². The van der Waals surface area contributed by atoms with Crippen molar-refractivity contribution in [3.05, 3.63) is 16.1 Å². The Morgan fingerprint density at radius 1 is 1.20 bits per heavy atom. The Bertz CT molecular complexity index is 512. The molecule has 1 aromatic rings. The Balaban J connectivity index is 2.11. The maximum Gasteiger partial charge on any atom is 0.179 e. The van der Waals surface area contributed by atoms with E-state index in [9.17, 15) is 0 Å². The van der Waals surface area contributed by atoms with Gasteiger partial charge in [0, 0.05) is 11.1 Å². The zero-order valence-corrected chi connectivity index (χ0v) is 13.3. The van der Waals surface area contributed by atoms with Crippen molar-refractivity contribution in [2.45, 2.75) is 37.6 Å². The number of fused-ring (bicyclic) bond motifs is 1. The summed E-state index contributed by atoms with van der Waals surface area (Å²) in [5.74, 6) is 2.25. The van der Waals surface area contributed by atoms with Gasteiger partial charge >= 0.3 is 0 Å². The number of rotatable bonds is 2. The van der Waals surface area contributed by atoms with E-state index in [1.54, 1.807) is 7.11 Å². The van der Waals surface area contributed by atoms with Crippen LogP contribution < -0.4 is 19.9 Å². The highest BCUT2D eigenvalue weighted by molar-refractivity contribution is 9.10. The van der Waals surface area contributed by atoms with Crippen molar-refractivity contribution in [3.8, 4) is 17.2 Å². The van der Waals surface area contributed by atoms with Crippen molar-refractivity contribution in [1.29, 1.82) is 0 Å². The SMILES string of the molecule is COc1c(C2(N)CCCCC2)cc2c(c1Br)OCCO2. The van der Waals surface area contributed by atoms with E-state index >= 15 is 0 Å². The molecule has 1 aliphatic heterocycles. The van der Waals surface area contributed by atoms with Crippen LogP contribution in [0.2, 0.25) is 0 Å². The molecule has 0 saturated heterocycles. The lowest BCUT2D eigenvalue weighted by Crippen LogP contribution is -2.39. The molecule has 1 aromatic carbocycles. The van der Waals surface area contributed by atoms with Crippen LogP contribution in [0.3, 0.4) is 0 Å². The molecule has 1 saturated carbocycles. The highest BCUT2D eigenvalue weighted by atomic mass is 79.9. The molecular weight excluding hydrogens is 322 g/mol. The topological polar surface area (TPSA) is 53.7 Å². The predicted molar refractivity (Wildman–Crippen MR) is 80.6 cm³/mol. The lowest BCUT2D eigenvalue weighted by Gasteiger charge is -2.36. The summed E-state index contributed by atoms with van der Waals surface area (Å²) in [5.41, 5.74) is 7.35. The Labute approximate surface area is 127 Å². The van der Waals surface area contributed by atoms with E-state index in [2.05, 4.69) is 15.9 Å². The van der Waals surface area contributed by atoms with Gasteiger partial charge in [0.2, 0.25) is 0 Å². The van der Waals surface area contributed by atoms with E-state index in [1.807, 2.05) is 6.07 Å². The van der Waals surface area contributed by atoms with Gasteiger partial charge in [-0.25, -0.2) is 0 Å². The smallest absolute Gasteiger partial charge is 0.179 e. The summed E-state index contributed by atoms with van der Waals surface area (Å²) in [5, 5.41) is 0. The first-order valence-corrected chi connectivity index (χ1v) is 7.90. The molecule has 0 amide bonds. The molecule has 2 N–H and O–H groups in total. The first-order chi connectivity index (χ1) is 9.65. The van der Waals surface area contributed by atoms with Crippen molar-refractivity contribution in [1.82, 2.24) is 0 Å². The fraction of sp³-hybridized carbons (Fsp3) is 0.600. The first-order valence-electron chi connectivity index (χ1n) is 7.11. The molecule has 0 unspecified atom stereocenters. The normalized spacial score (nSPS) is 20.6. The van der Waals surface area contributed by atoms with Crippen LogP contribution >= 0.6 is 15.9 Å². The minimum atomic E-state index is -0.331. The molecule has 0 atom stereocenters. The second-order valence-corrected chi connectivity index (χ2v) is 6.31. The first kappa shape index (κ1) is 14.0. The minimum Gasteiger partial charge on any atom is -0.495 e. The van der Waals surface area contributed by atoms with Gasteiger partial charge in [-0.15, -0.1) is 0 Å². The van der Waals surface area contributed by atoms with Crippen LogP contribution in [-0.2, 0) is 5.54 Å². The van der Waals surface area contributed by atoms with Crippen LogP contribution in [0.5, 0.6) is 17.2 Å². The lowest BCUT2D eigenvalue weighted by molar-refractivity contribution is 0.168. The van der Waals surface area contributed by atoms with E-state index < -0.39 is 0 Å². The molecule has 0 bridgehead atoms. The Morgan fingerprint density at radius 3 is 2.60 bits per heavy atom. The molecule has 110 valence electrons. The van der Waals surface area contributed by atoms with Crippen LogP contribution in [0, 0.1) is 0 Å². The van der Waals surface area contributed by atoms with Crippen LogP contribution in [0.25, 0.3) is 0 Å². The zero-order chi connectivity index (χ0) is 14.2. The maximum atomic E-state index is 6.66. The van der Waals surface area contributed by atoms with Crippen molar-refractivity contribution in [3.63, 3.8) is 0 Å². The van der Waals surface area contributed by atoms with Gasteiger partial charge in [-0.05, 0) is 34.8 Å². The third-order valence-electron chi connectivity index (χ3n) is 4.22. The number of halogens is 1. The van der Waals surface area contributed by atoms with Crippen LogP contribution in [0.15, 0.2) is 10.5 Å². The summed E-state index contributed by atoms with van der Waals surface area (Å²) in [6.07, 6.45) is 5.54. The summed E-state index contributed by atoms with van der Waals surface area (Å²) in [7, 11) is 1.67. The average Bonchev–Trinajstić information content (AvgIpc) is 2.48. The largest absolute Gasteiger partial charge is 0.495 e. The number of methoxy groups -OCH3 is 1. The number of hydrogen-bond donors (Lipinski definition) is 1. The number of ether oxygens (including phenoxy) is 3. The molecule has 0 spiro atoms. The maximum absolute atomic E-state index is 6.66. The molecule has 4 nitrogen and oxygen atoms in total. The van der Waals surface area contributed by atoms with Crippen molar-refractivity contribution in [2.24, 2.45) is 5.73 Å². The standard InChI is InChI=1S/C15H20BrNO3/c1-18-13-10(15(17)5-3-2-4-6-15)9-11-14(12(13)16)20-8-7-19-11/h9H,2-8,17H2,1H3. The highest BCUT2D eigenvalue weighted by Gasteiger charge is 2.35. The van der Waals surface area contributed by atoms with E-state index in [-0.39, 0.29) is 5.54 Å². The Hall–Kier alpha value is -0.940. The molecule has 0 aromatic heterocycles. The summed E-state index contributed by atoms with van der Waals surface area (Å²) < 4.78 is 17.8. The van der Waals surface area contributed by atoms with E-state index in [0.29, 0.717) is 13.2 Å². The molecule has 1 fully saturated rings. The zero-order valence-electron chi connectivity index (χ0n) is 11.7. The monoisotopic (exact) mass is 341 g/mol. The van der Waals surface area contributed by atoms with Crippen molar-refractivity contribution >= 4 is 15.9 Å². The third-order valence-corrected chi connectivity index (χ3v) is 4.94. The van der Waals surface area contributed by atoms with Crippen molar-refractivity contribution in [2.75, 3.05) is 20.3 Å². The molecule has 2 aliphatic rings. The van der Waals surface area contributed by atoms with E-state index in [4.69, 9.17) is 19.9 Å². The van der Waals surface area contributed by atoms with Crippen LogP contribution in [-0.4, -0.2) is 20.3 Å². The fourth-order valence-corrected chi connectivity index (χ4v) is 3.84. The van der Waals surface area contributed by atoms with E-state index in [1.165, 1.54) is 6.42 Å². The number of hydrogen-bond acceptors (Lipinski definition) is 4. The molecule has 1 aliphatic carbocycles. The summed E-state index contributed by atoms with van der Waals surface area (Å²) >= 11 is 3.58. The molecule has 0 radical (unpaired) electrons.